The van der Waals surface area contributed by atoms with Crippen molar-refractivity contribution in [2.75, 3.05) is 26.1 Å². The van der Waals surface area contributed by atoms with Crippen LogP contribution in [-0.2, 0) is 14.3 Å². The number of likely N-dealkylation sites (tertiary alicyclic amines) is 1. The summed E-state index contributed by atoms with van der Waals surface area (Å²) in [6.07, 6.45) is 0.931. The topological polar surface area (TPSA) is 49.9 Å². The third-order valence-electron chi connectivity index (χ3n) is 4.01. The highest BCUT2D eigenvalue weighted by atomic mass is 16.5. The first-order chi connectivity index (χ1) is 9.95. The van der Waals surface area contributed by atoms with Crippen molar-refractivity contribution >= 4 is 17.6 Å². The lowest BCUT2D eigenvalue weighted by atomic mass is 10.0. The Labute approximate surface area is 125 Å². The fraction of sp³-hybridized carbons (Fsp3) is 0.500. The first kappa shape index (κ1) is 15.4. The summed E-state index contributed by atoms with van der Waals surface area (Å²) < 4.78 is 4.82. The Morgan fingerprint density at radius 2 is 2.14 bits per heavy atom. The van der Waals surface area contributed by atoms with Crippen molar-refractivity contribution in [2.45, 2.75) is 31.8 Å². The normalized spacial score (nSPS) is 19.5. The molecule has 1 amide bonds. The molecule has 2 rings (SSSR count). The average Bonchev–Trinajstić information content (AvgIpc) is 2.87. The first-order valence-corrected chi connectivity index (χ1v) is 7.12. The van der Waals surface area contributed by atoms with Gasteiger partial charge in [0.05, 0.1) is 13.2 Å². The van der Waals surface area contributed by atoms with E-state index in [0.717, 1.165) is 11.3 Å². The van der Waals surface area contributed by atoms with Gasteiger partial charge in [-0.3, -0.25) is 4.79 Å². The zero-order chi connectivity index (χ0) is 15.6. The largest absolute Gasteiger partial charge is 0.467 e. The summed E-state index contributed by atoms with van der Waals surface area (Å²) in [5.41, 5.74) is 2.09. The molecule has 2 unspecified atom stereocenters. The standard InChI is InChI=1S/C16H22N2O3/c1-11(12-6-5-7-13(10-12)17(2)3)18-14(16(20)21-4)8-9-15(18)19/h5-7,10-11,14H,8-9H2,1-4H3. The molecule has 1 saturated heterocycles. The predicted octanol–water partition coefficient (Wildman–Crippen LogP) is 1.98. The Balaban J connectivity index is 2.28. The smallest absolute Gasteiger partial charge is 0.328 e. The summed E-state index contributed by atoms with van der Waals surface area (Å²) in [7, 11) is 5.31. The molecular formula is C16H22N2O3. The third kappa shape index (κ3) is 3.01. The van der Waals surface area contributed by atoms with Crippen LogP contribution in [0.4, 0.5) is 5.69 Å². The SMILES string of the molecule is COC(=O)C1CCC(=O)N1C(C)c1cccc(N(C)C)c1. The zero-order valence-corrected chi connectivity index (χ0v) is 13.0. The molecule has 1 heterocycles. The molecule has 2 atom stereocenters. The van der Waals surface area contributed by atoms with Crippen LogP contribution >= 0.6 is 0 Å². The van der Waals surface area contributed by atoms with Crippen LogP contribution in [0.1, 0.15) is 31.4 Å². The minimum absolute atomic E-state index is 0.00755. The summed E-state index contributed by atoms with van der Waals surface area (Å²) in [4.78, 5) is 27.7. The van der Waals surface area contributed by atoms with Crippen molar-refractivity contribution in [3.05, 3.63) is 29.8 Å². The fourth-order valence-corrected chi connectivity index (χ4v) is 2.78. The van der Waals surface area contributed by atoms with Gasteiger partial charge in [-0.1, -0.05) is 12.1 Å². The van der Waals surface area contributed by atoms with Gasteiger partial charge in [-0.05, 0) is 31.0 Å². The van der Waals surface area contributed by atoms with E-state index >= 15 is 0 Å². The maximum Gasteiger partial charge on any atom is 0.328 e. The number of nitrogens with zero attached hydrogens (tertiary/aromatic N) is 2. The Hall–Kier alpha value is -2.04. The summed E-state index contributed by atoms with van der Waals surface area (Å²) in [5, 5.41) is 0. The number of rotatable bonds is 4. The van der Waals surface area contributed by atoms with E-state index in [0.29, 0.717) is 12.8 Å². The quantitative estimate of drug-likeness (QED) is 0.796. The molecule has 0 bridgehead atoms. The molecule has 0 spiro atoms. The Bertz CT molecular complexity index is 542. The van der Waals surface area contributed by atoms with E-state index in [1.807, 2.05) is 50.2 Å². The number of methoxy groups -OCH3 is 1. The van der Waals surface area contributed by atoms with Crippen LogP contribution in [0.15, 0.2) is 24.3 Å². The van der Waals surface area contributed by atoms with Crippen LogP contribution in [-0.4, -0.2) is 44.0 Å². The highest BCUT2D eigenvalue weighted by Crippen LogP contribution is 2.32. The summed E-state index contributed by atoms with van der Waals surface area (Å²) >= 11 is 0. The highest BCUT2D eigenvalue weighted by molar-refractivity contribution is 5.88. The van der Waals surface area contributed by atoms with Crippen LogP contribution in [0.2, 0.25) is 0 Å². The third-order valence-corrected chi connectivity index (χ3v) is 4.01. The maximum atomic E-state index is 12.1. The average molecular weight is 290 g/mol. The Morgan fingerprint density at radius 1 is 1.43 bits per heavy atom. The second kappa shape index (κ2) is 6.16. The van der Waals surface area contributed by atoms with Gasteiger partial charge >= 0.3 is 5.97 Å². The number of esters is 1. The second-order valence-corrected chi connectivity index (χ2v) is 5.54. The van der Waals surface area contributed by atoms with Crippen LogP contribution in [0.25, 0.3) is 0 Å². The van der Waals surface area contributed by atoms with Crippen LogP contribution in [0, 0.1) is 0 Å². The van der Waals surface area contributed by atoms with E-state index in [-0.39, 0.29) is 17.9 Å². The molecule has 0 radical (unpaired) electrons. The number of anilines is 1. The van der Waals surface area contributed by atoms with Crippen LogP contribution < -0.4 is 4.90 Å². The molecule has 1 aliphatic rings. The van der Waals surface area contributed by atoms with Crippen LogP contribution in [0.3, 0.4) is 0 Å². The summed E-state index contributed by atoms with van der Waals surface area (Å²) in [6.45, 7) is 1.95. The number of hydrogen-bond acceptors (Lipinski definition) is 4. The predicted molar refractivity (Wildman–Crippen MR) is 81.1 cm³/mol. The van der Waals surface area contributed by atoms with E-state index in [1.165, 1.54) is 7.11 Å². The summed E-state index contributed by atoms with van der Waals surface area (Å²) in [6, 6.07) is 7.39. The summed E-state index contributed by atoms with van der Waals surface area (Å²) in [5.74, 6) is -0.329. The maximum absolute atomic E-state index is 12.1. The molecule has 0 N–H and O–H groups in total. The van der Waals surface area contributed by atoms with Gasteiger partial charge in [0.15, 0.2) is 0 Å². The molecule has 0 aliphatic carbocycles. The van der Waals surface area contributed by atoms with Gasteiger partial charge in [0, 0.05) is 26.2 Å². The van der Waals surface area contributed by atoms with E-state index in [2.05, 4.69) is 0 Å². The van der Waals surface area contributed by atoms with Crippen LogP contribution in [0.5, 0.6) is 0 Å². The van der Waals surface area contributed by atoms with Gasteiger partial charge in [0.2, 0.25) is 5.91 Å². The van der Waals surface area contributed by atoms with E-state index in [1.54, 1.807) is 4.90 Å². The molecule has 114 valence electrons. The van der Waals surface area contributed by atoms with Gasteiger partial charge in [-0.25, -0.2) is 4.79 Å². The number of benzene rings is 1. The van der Waals surface area contributed by atoms with Crippen molar-refractivity contribution < 1.29 is 14.3 Å². The molecule has 0 saturated carbocycles. The van der Waals surface area contributed by atoms with Crippen molar-refractivity contribution in [1.29, 1.82) is 0 Å². The number of ether oxygens (including phenoxy) is 1. The number of amides is 1. The fourth-order valence-electron chi connectivity index (χ4n) is 2.78. The lowest BCUT2D eigenvalue weighted by molar-refractivity contribution is -0.150. The zero-order valence-electron chi connectivity index (χ0n) is 13.0. The number of carbonyl (C=O) groups excluding carboxylic acids is 2. The molecule has 5 nitrogen and oxygen atoms in total. The molecule has 21 heavy (non-hydrogen) atoms. The first-order valence-electron chi connectivity index (χ1n) is 7.12. The van der Waals surface area contributed by atoms with Crippen molar-refractivity contribution in [3.8, 4) is 0 Å². The van der Waals surface area contributed by atoms with Crippen molar-refractivity contribution in [1.82, 2.24) is 4.90 Å². The minimum Gasteiger partial charge on any atom is -0.467 e. The van der Waals surface area contributed by atoms with Crippen molar-refractivity contribution in [2.24, 2.45) is 0 Å². The Morgan fingerprint density at radius 3 is 2.76 bits per heavy atom. The van der Waals surface area contributed by atoms with E-state index in [4.69, 9.17) is 4.74 Å². The van der Waals surface area contributed by atoms with Gasteiger partial charge in [-0.2, -0.15) is 0 Å². The lowest BCUT2D eigenvalue weighted by Crippen LogP contribution is -2.40. The molecule has 1 aromatic carbocycles. The van der Waals surface area contributed by atoms with Crippen molar-refractivity contribution in [3.63, 3.8) is 0 Å². The Kier molecular flexibility index (Phi) is 4.50. The molecule has 0 aromatic heterocycles. The minimum atomic E-state index is -0.472. The van der Waals surface area contributed by atoms with Gasteiger partial charge < -0.3 is 14.5 Å². The molecule has 1 aromatic rings. The lowest BCUT2D eigenvalue weighted by Gasteiger charge is -2.30. The second-order valence-electron chi connectivity index (χ2n) is 5.54. The molecule has 1 fully saturated rings. The monoisotopic (exact) mass is 290 g/mol. The van der Waals surface area contributed by atoms with Gasteiger partial charge in [0.25, 0.3) is 0 Å². The molecule has 5 heteroatoms. The number of hydrogen-bond donors (Lipinski definition) is 0. The van der Waals surface area contributed by atoms with E-state index in [9.17, 15) is 9.59 Å². The highest BCUT2D eigenvalue weighted by Gasteiger charge is 2.39. The number of carbonyl (C=O) groups is 2. The van der Waals surface area contributed by atoms with E-state index < -0.39 is 6.04 Å². The molecule has 1 aliphatic heterocycles. The van der Waals surface area contributed by atoms with Gasteiger partial charge in [-0.15, -0.1) is 0 Å². The van der Waals surface area contributed by atoms with Gasteiger partial charge in [0.1, 0.15) is 6.04 Å². The molecular weight excluding hydrogens is 268 g/mol.